The van der Waals surface area contributed by atoms with Gasteiger partial charge in [-0.05, 0) is 31.2 Å². The Morgan fingerprint density at radius 1 is 1.20 bits per heavy atom. The summed E-state index contributed by atoms with van der Waals surface area (Å²) in [5, 5.41) is 0. The Morgan fingerprint density at radius 3 is 2.72 bits per heavy atom. The van der Waals surface area contributed by atoms with Gasteiger partial charge in [0.1, 0.15) is 0 Å². The average Bonchev–Trinajstić information content (AvgIpc) is 3.15. The van der Waals surface area contributed by atoms with Crippen LogP contribution in [0.3, 0.4) is 0 Å². The van der Waals surface area contributed by atoms with Crippen LogP contribution >= 0.6 is 0 Å². The summed E-state index contributed by atoms with van der Waals surface area (Å²) in [6, 6.07) is 3.29. The number of nitrogens with zero attached hydrogens (tertiary/aromatic N) is 2. The van der Waals surface area contributed by atoms with Crippen LogP contribution < -0.4 is 4.74 Å². The summed E-state index contributed by atoms with van der Waals surface area (Å²) in [5.74, 6) is 1.10. The molecule has 25 heavy (non-hydrogen) atoms. The van der Waals surface area contributed by atoms with Gasteiger partial charge in [0.05, 0.1) is 20.3 Å². The molecule has 3 heterocycles. The molecule has 7 nitrogen and oxygen atoms in total. The minimum absolute atomic E-state index is 0.104. The molecule has 1 aromatic heterocycles. The van der Waals surface area contributed by atoms with Crippen molar-refractivity contribution in [2.24, 2.45) is 5.92 Å². The lowest BCUT2D eigenvalue weighted by atomic mass is 9.93. The number of furan rings is 1. The fraction of sp³-hybridized carbons (Fsp3) is 0.667. The number of carbonyl (C=O) groups excluding carboxylic acids is 2. The number of amides is 2. The van der Waals surface area contributed by atoms with Crippen LogP contribution in [0, 0.1) is 5.92 Å². The van der Waals surface area contributed by atoms with Gasteiger partial charge in [0.15, 0.2) is 5.76 Å². The molecule has 0 radical (unpaired) electrons. The van der Waals surface area contributed by atoms with Crippen LogP contribution in [0.15, 0.2) is 16.5 Å². The lowest BCUT2D eigenvalue weighted by molar-refractivity contribution is -0.135. The van der Waals surface area contributed by atoms with E-state index < -0.39 is 0 Å². The summed E-state index contributed by atoms with van der Waals surface area (Å²) in [5.41, 5.74) is 0. The van der Waals surface area contributed by atoms with Gasteiger partial charge in [-0.15, -0.1) is 0 Å². The van der Waals surface area contributed by atoms with Gasteiger partial charge in [0.25, 0.3) is 11.9 Å². The second-order valence-corrected chi connectivity index (χ2v) is 6.61. The van der Waals surface area contributed by atoms with Crippen LogP contribution in [0.1, 0.15) is 36.2 Å². The smallest absolute Gasteiger partial charge is 0.289 e. The fourth-order valence-corrected chi connectivity index (χ4v) is 3.48. The zero-order valence-corrected chi connectivity index (χ0v) is 14.7. The summed E-state index contributed by atoms with van der Waals surface area (Å²) in [4.78, 5) is 28.5. The van der Waals surface area contributed by atoms with E-state index in [9.17, 15) is 9.59 Å². The quantitative estimate of drug-likeness (QED) is 0.809. The number of morpholine rings is 1. The van der Waals surface area contributed by atoms with Crippen LogP contribution in [0.2, 0.25) is 0 Å². The summed E-state index contributed by atoms with van der Waals surface area (Å²) in [7, 11) is 1.51. The van der Waals surface area contributed by atoms with Crippen molar-refractivity contribution in [1.82, 2.24) is 9.80 Å². The molecule has 7 heteroatoms. The SMILES string of the molecule is COc1ccc(C(=O)N2CCC[C@@H](CCC(=O)N3CCOCC3)C2)o1. The second kappa shape index (κ2) is 8.38. The standard InChI is InChI=1S/C18H26N2O5/c1-23-17-7-5-15(25-17)18(22)20-8-2-3-14(13-20)4-6-16(21)19-9-11-24-12-10-19/h5,7,14H,2-4,6,8-13H2,1H3/t14-/m0/s1. The number of hydrogen-bond acceptors (Lipinski definition) is 5. The molecule has 0 unspecified atom stereocenters. The number of carbonyl (C=O) groups is 2. The topological polar surface area (TPSA) is 72.2 Å². The van der Waals surface area contributed by atoms with Crippen molar-refractivity contribution in [3.8, 4) is 5.95 Å². The van der Waals surface area contributed by atoms with Gasteiger partial charge in [-0.1, -0.05) is 0 Å². The lowest BCUT2D eigenvalue weighted by Gasteiger charge is -2.33. The van der Waals surface area contributed by atoms with Crippen LogP contribution in [-0.4, -0.2) is 68.1 Å². The van der Waals surface area contributed by atoms with E-state index >= 15 is 0 Å². The van der Waals surface area contributed by atoms with Crippen molar-refractivity contribution in [3.05, 3.63) is 17.9 Å². The molecule has 1 atom stereocenters. The van der Waals surface area contributed by atoms with Crippen LogP contribution in [0.4, 0.5) is 0 Å². The third-order valence-corrected chi connectivity index (χ3v) is 4.93. The van der Waals surface area contributed by atoms with E-state index in [1.165, 1.54) is 7.11 Å². The van der Waals surface area contributed by atoms with E-state index in [0.29, 0.717) is 56.9 Å². The molecule has 1 aromatic rings. The zero-order valence-electron chi connectivity index (χ0n) is 14.7. The van der Waals surface area contributed by atoms with E-state index in [2.05, 4.69) is 0 Å². The maximum absolute atomic E-state index is 12.5. The first-order chi connectivity index (χ1) is 12.2. The third-order valence-electron chi connectivity index (χ3n) is 4.93. The Kier molecular flexibility index (Phi) is 5.96. The first-order valence-electron chi connectivity index (χ1n) is 8.96. The molecule has 2 amide bonds. The van der Waals surface area contributed by atoms with Crippen molar-refractivity contribution in [3.63, 3.8) is 0 Å². The monoisotopic (exact) mass is 350 g/mol. The van der Waals surface area contributed by atoms with Gasteiger partial charge in [0, 0.05) is 38.7 Å². The Labute approximate surface area is 147 Å². The highest BCUT2D eigenvalue weighted by molar-refractivity contribution is 5.91. The molecule has 0 aromatic carbocycles. The summed E-state index contributed by atoms with van der Waals surface area (Å²) >= 11 is 0. The number of rotatable bonds is 5. The third kappa shape index (κ3) is 4.54. The van der Waals surface area contributed by atoms with Crippen LogP contribution in [-0.2, 0) is 9.53 Å². The molecule has 0 N–H and O–H groups in total. The molecule has 2 fully saturated rings. The highest BCUT2D eigenvalue weighted by Crippen LogP contribution is 2.24. The van der Waals surface area contributed by atoms with Gasteiger partial charge in [-0.3, -0.25) is 9.59 Å². The number of piperidine rings is 1. The predicted octanol–water partition coefficient (Wildman–Crippen LogP) is 1.78. The molecule has 3 rings (SSSR count). The van der Waals surface area contributed by atoms with Crippen molar-refractivity contribution in [1.29, 1.82) is 0 Å². The Hall–Kier alpha value is -2.02. The molecular weight excluding hydrogens is 324 g/mol. The van der Waals surface area contributed by atoms with E-state index in [1.807, 2.05) is 9.80 Å². The van der Waals surface area contributed by atoms with Crippen LogP contribution in [0.5, 0.6) is 5.95 Å². The van der Waals surface area contributed by atoms with Gasteiger partial charge < -0.3 is 23.7 Å². The minimum atomic E-state index is -0.104. The van der Waals surface area contributed by atoms with Gasteiger partial charge in [-0.25, -0.2) is 0 Å². The average molecular weight is 350 g/mol. The summed E-state index contributed by atoms with van der Waals surface area (Å²) in [6.07, 6.45) is 3.38. The van der Waals surface area contributed by atoms with Crippen molar-refractivity contribution in [2.75, 3.05) is 46.5 Å². The first kappa shape index (κ1) is 17.8. The highest BCUT2D eigenvalue weighted by atomic mass is 16.6. The largest absolute Gasteiger partial charge is 0.468 e. The maximum atomic E-state index is 12.5. The molecular formula is C18H26N2O5. The Bertz CT molecular complexity index is 594. The molecule has 2 saturated heterocycles. The Morgan fingerprint density at radius 2 is 2.00 bits per heavy atom. The van der Waals surface area contributed by atoms with Crippen molar-refractivity contribution < 1.29 is 23.5 Å². The van der Waals surface area contributed by atoms with Crippen molar-refractivity contribution in [2.45, 2.75) is 25.7 Å². The molecule has 2 aliphatic rings. The second-order valence-electron chi connectivity index (χ2n) is 6.61. The molecule has 138 valence electrons. The highest BCUT2D eigenvalue weighted by Gasteiger charge is 2.27. The molecule has 0 bridgehead atoms. The number of methoxy groups -OCH3 is 1. The summed E-state index contributed by atoms with van der Waals surface area (Å²) < 4.78 is 15.6. The lowest BCUT2D eigenvalue weighted by Crippen LogP contribution is -2.42. The maximum Gasteiger partial charge on any atom is 0.289 e. The van der Waals surface area contributed by atoms with E-state index in [4.69, 9.17) is 13.9 Å². The van der Waals surface area contributed by atoms with E-state index in [1.54, 1.807) is 12.1 Å². The van der Waals surface area contributed by atoms with E-state index in [-0.39, 0.29) is 11.8 Å². The van der Waals surface area contributed by atoms with Gasteiger partial charge >= 0.3 is 0 Å². The van der Waals surface area contributed by atoms with E-state index in [0.717, 1.165) is 25.8 Å². The zero-order chi connectivity index (χ0) is 17.6. The molecule has 0 aliphatic carbocycles. The molecule has 0 spiro atoms. The number of likely N-dealkylation sites (tertiary alicyclic amines) is 1. The molecule has 0 saturated carbocycles. The van der Waals surface area contributed by atoms with Crippen LogP contribution in [0.25, 0.3) is 0 Å². The van der Waals surface area contributed by atoms with Gasteiger partial charge in [0.2, 0.25) is 5.91 Å². The van der Waals surface area contributed by atoms with Crippen molar-refractivity contribution >= 4 is 11.8 Å². The normalized spacial score (nSPS) is 21.2. The summed E-state index contributed by atoms with van der Waals surface area (Å²) in [6.45, 7) is 4.05. The first-order valence-corrected chi connectivity index (χ1v) is 8.96. The minimum Gasteiger partial charge on any atom is -0.468 e. The number of ether oxygens (including phenoxy) is 2. The predicted molar refractivity (Wildman–Crippen MR) is 90.5 cm³/mol. The fourth-order valence-electron chi connectivity index (χ4n) is 3.48. The Balaban J connectivity index is 1.48. The van der Waals surface area contributed by atoms with Gasteiger partial charge in [-0.2, -0.15) is 0 Å². The molecule has 2 aliphatic heterocycles. The number of hydrogen-bond donors (Lipinski definition) is 0.